The van der Waals surface area contributed by atoms with Gasteiger partial charge in [0.25, 0.3) is 0 Å². The third-order valence-corrected chi connectivity index (χ3v) is 4.19. The second kappa shape index (κ2) is 5.13. The minimum atomic E-state index is -0.648. The van der Waals surface area contributed by atoms with Crippen LogP contribution in [-0.4, -0.2) is 13.0 Å². The summed E-state index contributed by atoms with van der Waals surface area (Å²) < 4.78 is 14.1. The van der Waals surface area contributed by atoms with Crippen molar-refractivity contribution >= 4 is 38.9 Å². The molecule has 0 aliphatic carbocycles. The maximum atomic E-state index is 13.4. The van der Waals surface area contributed by atoms with Crippen molar-refractivity contribution < 1.29 is 9.18 Å². The van der Waals surface area contributed by atoms with E-state index in [2.05, 4.69) is 21.2 Å². The smallest absolute Gasteiger partial charge is 0.245 e. The first-order valence-corrected chi connectivity index (χ1v) is 7.16. The number of hydrogen-bond acceptors (Lipinski definition) is 3. The number of hydrogen-bond donors (Lipinski definition) is 2. The van der Waals surface area contributed by atoms with Crippen LogP contribution in [0.5, 0.6) is 0 Å². The number of carbonyl (C=O) groups is 1. The van der Waals surface area contributed by atoms with E-state index in [4.69, 9.17) is 5.73 Å². The Labute approximate surface area is 129 Å². The van der Waals surface area contributed by atoms with Gasteiger partial charge in [-0.1, -0.05) is 6.07 Å². The van der Waals surface area contributed by atoms with Crippen LogP contribution in [0.15, 0.2) is 40.9 Å². The van der Waals surface area contributed by atoms with Crippen LogP contribution in [0, 0.1) is 5.82 Å². The highest BCUT2D eigenvalue weighted by atomic mass is 79.9. The fraction of sp³-hybridized carbons (Fsp3) is 0.133. The summed E-state index contributed by atoms with van der Waals surface area (Å²) in [6.45, 7) is 0. The number of rotatable bonds is 2. The van der Waals surface area contributed by atoms with Crippen molar-refractivity contribution in [3.63, 3.8) is 0 Å². The highest BCUT2D eigenvalue weighted by Gasteiger charge is 2.28. The van der Waals surface area contributed by atoms with Gasteiger partial charge in [0.1, 0.15) is 11.9 Å². The lowest BCUT2D eigenvalue weighted by Gasteiger charge is -2.22. The highest BCUT2D eigenvalue weighted by Crippen LogP contribution is 2.39. The summed E-state index contributed by atoms with van der Waals surface area (Å²) in [6.07, 6.45) is 0. The van der Waals surface area contributed by atoms with Gasteiger partial charge in [0.2, 0.25) is 5.91 Å². The normalized spacial score (nSPS) is 16.6. The molecule has 4 nitrogen and oxygen atoms in total. The molecular weight excluding hydrogens is 337 g/mol. The molecule has 21 heavy (non-hydrogen) atoms. The molecule has 1 aliphatic heterocycles. The monoisotopic (exact) mass is 349 g/mol. The fourth-order valence-electron chi connectivity index (χ4n) is 2.38. The molecule has 0 saturated carbocycles. The Balaban J connectivity index is 2.04. The Morgan fingerprint density at radius 1 is 1.33 bits per heavy atom. The van der Waals surface area contributed by atoms with Crippen molar-refractivity contribution in [2.75, 3.05) is 17.3 Å². The zero-order chi connectivity index (χ0) is 15.1. The van der Waals surface area contributed by atoms with E-state index in [0.29, 0.717) is 11.4 Å². The van der Waals surface area contributed by atoms with Gasteiger partial charge in [-0.25, -0.2) is 4.39 Å². The zero-order valence-electron chi connectivity index (χ0n) is 11.2. The van der Waals surface area contributed by atoms with Gasteiger partial charge in [-0.05, 0) is 46.3 Å². The van der Waals surface area contributed by atoms with Crippen molar-refractivity contribution in [3.8, 4) is 0 Å². The summed E-state index contributed by atoms with van der Waals surface area (Å²) in [5.41, 5.74) is 8.79. The van der Waals surface area contributed by atoms with Gasteiger partial charge in [0.15, 0.2) is 0 Å². The minimum Gasteiger partial charge on any atom is -0.344 e. The van der Waals surface area contributed by atoms with Crippen molar-refractivity contribution in [2.24, 2.45) is 5.73 Å². The molecule has 0 radical (unpaired) electrons. The van der Waals surface area contributed by atoms with E-state index < -0.39 is 6.04 Å². The topological polar surface area (TPSA) is 58.4 Å². The maximum Gasteiger partial charge on any atom is 0.245 e. The molecule has 2 aromatic carbocycles. The first-order valence-electron chi connectivity index (χ1n) is 6.36. The van der Waals surface area contributed by atoms with Gasteiger partial charge in [0, 0.05) is 28.5 Å². The summed E-state index contributed by atoms with van der Waals surface area (Å²) >= 11 is 3.48. The lowest BCUT2D eigenvalue weighted by molar-refractivity contribution is -0.116. The van der Waals surface area contributed by atoms with Crippen molar-refractivity contribution in [1.82, 2.24) is 0 Å². The second-order valence-electron chi connectivity index (χ2n) is 4.90. The molecule has 2 aromatic rings. The van der Waals surface area contributed by atoms with Gasteiger partial charge in [-0.2, -0.15) is 0 Å². The van der Waals surface area contributed by atoms with E-state index in [1.165, 1.54) is 12.1 Å². The Kier molecular flexibility index (Phi) is 3.43. The van der Waals surface area contributed by atoms with Crippen LogP contribution in [-0.2, 0) is 4.79 Å². The quantitative estimate of drug-likeness (QED) is 0.874. The Bertz CT molecular complexity index is 735. The molecule has 0 spiro atoms. The van der Waals surface area contributed by atoms with Gasteiger partial charge in [-0.3, -0.25) is 4.79 Å². The lowest BCUT2D eigenvalue weighted by Crippen LogP contribution is -2.19. The molecule has 0 aromatic heterocycles. The Hall–Kier alpha value is -1.92. The van der Waals surface area contributed by atoms with Crippen molar-refractivity contribution in [2.45, 2.75) is 6.04 Å². The van der Waals surface area contributed by atoms with Crippen LogP contribution in [0.2, 0.25) is 0 Å². The molecule has 1 unspecified atom stereocenters. The predicted octanol–water partition coefficient (Wildman–Crippen LogP) is 3.31. The molecule has 0 bridgehead atoms. The molecule has 1 heterocycles. The summed E-state index contributed by atoms with van der Waals surface area (Å²) in [7, 11) is 1.83. The van der Waals surface area contributed by atoms with Crippen LogP contribution < -0.4 is 16.0 Å². The predicted molar refractivity (Wildman–Crippen MR) is 84.2 cm³/mol. The summed E-state index contributed by atoms with van der Waals surface area (Å²) in [4.78, 5) is 13.5. The molecule has 1 aliphatic rings. The average Bonchev–Trinajstić information content (AvgIpc) is 2.73. The molecule has 6 heteroatoms. The molecule has 3 N–H and O–H groups in total. The van der Waals surface area contributed by atoms with Crippen LogP contribution in [0.1, 0.15) is 11.6 Å². The number of nitrogens with two attached hydrogens (primary N) is 1. The Morgan fingerprint density at radius 2 is 2.10 bits per heavy atom. The van der Waals surface area contributed by atoms with Gasteiger partial charge in [0.05, 0.1) is 5.69 Å². The third kappa shape index (κ3) is 2.41. The summed E-state index contributed by atoms with van der Waals surface area (Å²) in [6, 6.07) is 9.31. The highest BCUT2D eigenvalue weighted by molar-refractivity contribution is 9.10. The third-order valence-electron chi connectivity index (χ3n) is 3.55. The van der Waals surface area contributed by atoms with E-state index in [1.807, 2.05) is 30.1 Å². The minimum absolute atomic E-state index is 0.220. The Morgan fingerprint density at radius 3 is 2.81 bits per heavy atom. The number of carbonyl (C=O) groups excluding carboxylic acids is 1. The molecule has 108 valence electrons. The van der Waals surface area contributed by atoms with Crippen LogP contribution >= 0.6 is 15.9 Å². The van der Waals surface area contributed by atoms with Gasteiger partial charge < -0.3 is 16.0 Å². The van der Waals surface area contributed by atoms with Crippen LogP contribution in [0.4, 0.5) is 21.5 Å². The fourth-order valence-corrected chi connectivity index (χ4v) is 3.00. The van der Waals surface area contributed by atoms with E-state index in [1.54, 1.807) is 6.07 Å². The number of fused-ring (bicyclic) bond motifs is 1. The number of amides is 1. The first kappa shape index (κ1) is 14.0. The van der Waals surface area contributed by atoms with Gasteiger partial charge in [-0.15, -0.1) is 0 Å². The maximum absolute atomic E-state index is 13.4. The molecular formula is C15H13BrFN3O. The SMILES string of the molecule is CN(c1cccc(F)c1)c1cc2c(cc1Br)C(N)C(=O)N2. The largest absolute Gasteiger partial charge is 0.344 e. The summed E-state index contributed by atoms with van der Waals surface area (Å²) in [5, 5.41) is 2.75. The van der Waals surface area contributed by atoms with E-state index in [0.717, 1.165) is 15.7 Å². The van der Waals surface area contributed by atoms with Crippen molar-refractivity contribution in [3.05, 3.63) is 52.3 Å². The van der Waals surface area contributed by atoms with E-state index in [-0.39, 0.29) is 11.7 Å². The number of benzene rings is 2. The second-order valence-corrected chi connectivity index (χ2v) is 5.75. The lowest BCUT2D eigenvalue weighted by atomic mass is 10.1. The average molecular weight is 350 g/mol. The number of nitrogens with one attached hydrogen (secondary N) is 1. The van der Waals surface area contributed by atoms with E-state index in [9.17, 15) is 9.18 Å². The first-order chi connectivity index (χ1) is 9.97. The van der Waals surface area contributed by atoms with Crippen LogP contribution in [0.3, 0.4) is 0 Å². The molecule has 3 rings (SSSR count). The number of halogens is 2. The van der Waals surface area contributed by atoms with Crippen LogP contribution in [0.25, 0.3) is 0 Å². The summed E-state index contributed by atoms with van der Waals surface area (Å²) in [5.74, 6) is -0.519. The van der Waals surface area contributed by atoms with E-state index >= 15 is 0 Å². The molecule has 1 amide bonds. The van der Waals surface area contributed by atoms with Crippen molar-refractivity contribution in [1.29, 1.82) is 0 Å². The standard InChI is InChI=1S/C15H13BrFN3O/c1-20(9-4-2-3-8(17)5-9)13-7-12-10(6-11(13)16)14(18)15(21)19-12/h2-7,14H,18H2,1H3,(H,19,21). The zero-order valence-corrected chi connectivity index (χ0v) is 12.8. The molecule has 0 saturated heterocycles. The molecule has 0 fully saturated rings. The number of nitrogens with zero attached hydrogens (tertiary/aromatic N) is 1. The number of anilines is 3. The molecule has 1 atom stereocenters. The van der Waals surface area contributed by atoms with Gasteiger partial charge >= 0.3 is 0 Å².